The number of nitrogens with one attached hydrogen (secondary N) is 1. The summed E-state index contributed by atoms with van der Waals surface area (Å²) < 4.78 is 0. The van der Waals surface area contributed by atoms with E-state index in [2.05, 4.69) is 10.3 Å². The van der Waals surface area contributed by atoms with E-state index in [1.165, 1.54) is 4.90 Å². The SMILES string of the molecule is Cc1ccnc(NC(=O)C(=O)N(c2ccccc2)c2ccc(N)cc2)c1. The van der Waals surface area contributed by atoms with Crippen molar-refractivity contribution in [3.05, 3.63) is 78.5 Å². The minimum atomic E-state index is -0.774. The Bertz CT molecular complexity index is 924. The molecule has 6 nitrogen and oxygen atoms in total. The van der Waals surface area contributed by atoms with Gasteiger partial charge in [-0.3, -0.25) is 14.5 Å². The molecule has 6 heteroatoms. The quantitative estimate of drug-likeness (QED) is 0.563. The van der Waals surface area contributed by atoms with Crippen LogP contribution in [0.5, 0.6) is 0 Å². The molecule has 0 spiro atoms. The number of aromatic nitrogens is 1. The second-order valence-corrected chi connectivity index (χ2v) is 5.74. The van der Waals surface area contributed by atoms with Crippen LogP contribution in [0.15, 0.2) is 72.9 Å². The van der Waals surface area contributed by atoms with Crippen molar-refractivity contribution in [2.45, 2.75) is 6.92 Å². The van der Waals surface area contributed by atoms with Gasteiger partial charge in [-0.2, -0.15) is 0 Å². The van der Waals surface area contributed by atoms with Gasteiger partial charge in [0.2, 0.25) is 0 Å². The molecule has 26 heavy (non-hydrogen) atoms. The van der Waals surface area contributed by atoms with Gasteiger partial charge in [-0.05, 0) is 61.0 Å². The minimum Gasteiger partial charge on any atom is -0.399 e. The van der Waals surface area contributed by atoms with Gasteiger partial charge in [0.05, 0.1) is 0 Å². The fourth-order valence-electron chi connectivity index (χ4n) is 2.46. The van der Waals surface area contributed by atoms with Gasteiger partial charge < -0.3 is 11.1 Å². The van der Waals surface area contributed by atoms with E-state index in [4.69, 9.17) is 5.73 Å². The highest BCUT2D eigenvalue weighted by molar-refractivity contribution is 6.45. The topological polar surface area (TPSA) is 88.3 Å². The molecule has 130 valence electrons. The van der Waals surface area contributed by atoms with Crippen LogP contribution in [0.4, 0.5) is 22.9 Å². The van der Waals surface area contributed by atoms with E-state index < -0.39 is 11.8 Å². The Morgan fingerprint density at radius 3 is 2.27 bits per heavy atom. The van der Waals surface area contributed by atoms with Crippen molar-refractivity contribution >= 4 is 34.7 Å². The Balaban J connectivity index is 1.92. The number of para-hydroxylation sites is 1. The van der Waals surface area contributed by atoms with Crippen LogP contribution in [-0.2, 0) is 9.59 Å². The largest absolute Gasteiger partial charge is 0.399 e. The summed E-state index contributed by atoms with van der Waals surface area (Å²) in [6.07, 6.45) is 1.57. The lowest BCUT2D eigenvalue weighted by molar-refractivity contribution is -0.134. The van der Waals surface area contributed by atoms with Crippen LogP contribution in [0.1, 0.15) is 5.56 Å². The number of nitrogens with two attached hydrogens (primary N) is 1. The normalized spacial score (nSPS) is 10.2. The van der Waals surface area contributed by atoms with Crippen molar-refractivity contribution in [3.63, 3.8) is 0 Å². The van der Waals surface area contributed by atoms with Gasteiger partial charge in [0.25, 0.3) is 0 Å². The molecule has 0 aliphatic carbocycles. The van der Waals surface area contributed by atoms with Crippen molar-refractivity contribution in [2.75, 3.05) is 16.0 Å². The number of amides is 2. The fraction of sp³-hybridized carbons (Fsp3) is 0.0500. The number of rotatable bonds is 3. The van der Waals surface area contributed by atoms with Gasteiger partial charge in [-0.25, -0.2) is 4.98 Å². The third-order valence-electron chi connectivity index (χ3n) is 3.72. The lowest BCUT2D eigenvalue weighted by Gasteiger charge is -2.22. The number of carbonyl (C=O) groups is 2. The van der Waals surface area contributed by atoms with Crippen LogP contribution >= 0.6 is 0 Å². The first kappa shape index (κ1) is 17.2. The van der Waals surface area contributed by atoms with E-state index in [1.54, 1.807) is 60.8 Å². The average Bonchev–Trinajstić information content (AvgIpc) is 2.64. The summed E-state index contributed by atoms with van der Waals surface area (Å²) in [5, 5.41) is 2.55. The molecule has 3 N–H and O–H groups in total. The van der Waals surface area contributed by atoms with Crippen molar-refractivity contribution < 1.29 is 9.59 Å². The number of nitrogen functional groups attached to an aromatic ring is 1. The third kappa shape index (κ3) is 3.87. The summed E-state index contributed by atoms with van der Waals surface area (Å²) >= 11 is 0. The van der Waals surface area contributed by atoms with Crippen molar-refractivity contribution in [2.24, 2.45) is 0 Å². The van der Waals surface area contributed by atoms with E-state index in [-0.39, 0.29) is 0 Å². The number of nitrogens with zero attached hydrogens (tertiary/aromatic N) is 2. The van der Waals surface area contributed by atoms with Crippen molar-refractivity contribution in [3.8, 4) is 0 Å². The molecule has 1 heterocycles. The summed E-state index contributed by atoms with van der Waals surface area (Å²) in [4.78, 5) is 30.8. The molecule has 0 unspecified atom stereocenters. The Hall–Kier alpha value is -3.67. The summed E-state index contributed by atoms with van der Waals surface area (Å²) in [5.41, 5.74) is 8.35. The van der Waals surface area contributed by atoms with Gasteiger partial charge in [-0.15, -0.1) is 0 Å². The zero-order valence-electron chi connectivity index (χ0n) is 14.2. The number of hydrogen-bond donors (Lipinski definition) is 2. The molecule has 2 aromatic carbocycles. The smallest absolute Gasteiger partial charge is 0.321 e. The molecule has 3 rings (SSSR count). The Labute approximate surface area is 151 Å². The number of hydrogen-bond acceptors (Lipinski definition) is 4. The zero-order valence-corrected chi connectivity index (χ0v) is 14.2. The van der Waals surface area contributed by atoms with Crippen LogP contribution < -0.4 is 16.0 Å². The lowest BCUT2D eigenvalue weighted by Crippen LogP contribution is -2.37. The molecule has 0 aliphatic rings. The van der Waals surface area contributed by atoms with Gasteiger partial charge in [0, 0.05) is 23.3 Å². The molecule has 0 fully saturated rings. The standard InChI is InChI=1S/C20H18N4O2/c1-14-11-12-22-18(13-14)23-19(25)20(26)24(16-5-3-2-4-6-16)17-9-7-15(21)8-10-17/h2-13H,21H2,1H3,(H,22,23,25). The maximum absolute atomic E-state index is 12.9. The first-order chi connectivity index (χ1) is 12.5. The molecule has 0 radical (unpaired) electrons. The highest BCUT2D eigenvalue weighted by Crippen LogP contribution is 2.26. The van der Waals surface area contributed by atoms with E-state index in [0.717, 1.165) is 5.56 Å². The van der Waals surface area contributed by atoms with Gasteiger partial charge >= 0.3 is 11.8 Å². The summed E-state index contributed by atoms with van der Waals surface area (Å²) in [6.45, 7) is 1.88. The van der Waals surface area contributed by atoms with E-state index in [0.29, 0.717) is 22.9 Å². The molecular formula is C20H18N4O2. The molecule has 1 aromatic heterocycles. The van der Waals surface area contributed by atoms with Gasteiger partial charge in [0.15, 0.2) is 0 Å². The minimum absolute atomic E-state index is 0.327. The first-order valence-corrected chi connectivity index (χ1v) is 8.03. The molecular weight excluding hydrogens is 328 g/mol. The van der Waals surface area contributed by atoms with Crippen molar-refractivity contribution in [1.82, 2.24) is 4.98 Å². The number of carbonyl (C=O) groups excluding carboxylic acids is 2. The van der Waals surface area contributed by atoms with E-state index in [9.17, 15) is 9.59 Å². The van der Waals surface area contributed by atoms with Gasteiger partial charge in [-0.1, -0.05) is 18.2 Å². The van der Waals surface area contributed by atoms with Crippen LogP contribution in [0.25, 0.3) is 0 Å². The average molecular weight is 346 g/mol. The van der Waals surface area contributed by atoms with Gasteiger partial charge in [0.1, 0.15) is 5.82 Å². The number of benzene rings is 2. The van der Waals surface area contributed by atoms with Crippen LogP contribution in [0.3, 0.4) is 0 Å². The van der Waals surface area contributed by atoms with Crippen LogP contribution in [-0.4, -0.2) is 16.8 Å². The summed E-state index contributed by atoms with van der Waals surface area (Å²) in [7, 11) is 0. The number of pyridine rings is 1. The monoisotopic (exact) mass is 346 g/mol. The highest BCUT2D eigenvalue weighted by Gasteiger charge is 2.25. The molecule has 0 atom stereocenters. The van der Waals surface area contributed by atoms with E-state index >= 15 is 0 Å². The lowest BCUT2D eigenvalue weighted by atomic mass is 10.2. The Morgan fingerprint density at radius 2 is 1.62 bits per heavy atom. The number of anilines is 4. The first-order valence-electron chi connectivity index (χ1n) is 8.03. The number of aryl methyl sites for hydroxylation is 1. The maximum Gasteiger partial charge on any atom is 0.321 e. The Morgan fingerprint density at radius 1 is 0.962 bits per heavy atom. The molecule has 2 amide bonds. The van der Waals surface area contributed by atoms with Crippen molar-refractivity contribution in [1.29, 1.82) is 0 Å². The molecule has 3 aromatic rings. The predicted octanol–water partition coefficient (Wildman–Crippen LogP) is 3.28. The Kier molecular flexibility index (Phi) is 4.94. The third-order valence-corrected chi connectivity index (χ3v) is 3.72. The van der Waals surface area contributed by atoms with E-state index in [1.807, 2.05) is 19.1 Å². The maximum atomic E-state index is 12.9. The molecule has 0 saturated carbocycles. The second kappa shape index (κ2) is 7.48. The van der Waals surface area contributed by atoms with Crippen LogP contribution in [0, 0.1) is 6.92 Å². The van der Waals surface area contributed by atoms with Crippen LogP contribution in [0.2, 0.25) is 0 Å². The molecule has 0 aliphatic heterocycles. The predicted molar refractivity (Wildman–Crippen MR) is 102 cm³/mol. The second-order valence-electron chi connectivity index (χ2n) is 5.74. The highest BCUT2D eigenvalue weighted by atomic mass is 16.2. The summed E-state index contributed by atoms with van der Waals surface area (Å²) in [5.74, 6) is -1.17. The summed E-state index contributed by atoms with van der Waals surface area (Å²) in [6, 6.07) is 19.2. The molecule has 0 bridgehead atoms. The fourth-order valence-corrected chi connectivity index (χ4v) is 2.46. The molecule has 0 saturated heterocycles. The zero-order chi connectivity index (χ0) is 18.5.